The topological polar surface area (TPSA) is 116 Å². The number of hydrogen-bond acceptors (Lipinski definition) is 7. The fourth-order valence-corrected chi connectivity index (χ4v) is 9.00. The normalized spacial score (nSPS) is 26.3. The maximum Gasteiger partial charge on any atom is 0.573 e. The van der Waals surface area contributed by atoms with Crippen molar-refractivity contribution in [3.05, 3.63) is 119 Å². The molecule has 276 valence electrons. The fraction of sp³-hybridized carbons (Fsp3) is 0.250. The minimum atomic E-state index is -5.08. The van der Waals surface area contributed by atoms with E-state index < -0.39 is 82.3 Å². The zero-order chi connectivity index (χ0) is 38.3. The summed E-state index contributed by atoms with van der Waals surface area (Å²) in [4.78, 5) is 59.4. The molecule has 0 bridgehead atoms. The van der Waals surface area contributed by atoms with E-state index in [-0.39, 0.29) is 29.1 Å². The average Bonchev–Trinajstić information content (AvgIpc) is 3.50. The number of nitrogens with one attached hydrogen (secondary N) is 1. The first kappa shape index (κ1) is 35.3. The molecule has 2 saturated heterocycles. The van der Waals surface area contributed by atoms with E-state index in [4.69, 9.17) is 11.6 Å². The number of imide groups is 2. The number of carbonyl (C=O) groups is 4. The van der Waals surface area contributed by atoms with E-state index in [1.165, 1.54) is 13.0 Å². The van der Waals surface area contributed by atoms with Crippen molar-refractivity contribution in [1.82, 2.24) is 0 Å². The van der Waals surface area contributed by atoms with E-state index in [0.717, 1.165) is 45.8 Å². The van der Waals surface area contributed by atoms with Gasteiger partial charge in [-0.2, -0.15) is 0 Å². The number of phenolic OH excluding ortho intramolecular Hbond substituents is 1. The highest BCUT2D eigenvalue weighted by Gasteiger charge is 2.68. The number of fused-ring (bicyclic) bond motifs is 4. The smallest absolute Gasteiger partial charge is 0.508 e. The van der Waals surface area contributed by atoms with Crippen LogP contribution in [0.25, 0.3) is 0 Å². The lowest BCUT2D eigenvalue weighted by Crippen LogP contribution is -2.49. The van der Waals surface area contributed by atoms with Crippen LogP contribution in [0.2, 0.25) is 5.02 Å². The zero-order valence-electron chi connectivity index (χ0n) is 28.3. The van der Waals surface area contributed by atoms with Crippen LogP contribution in [0.3, 0.4) is 0 Å². The molecule has 4 aliphatic rings. The van der Waals surface area contributed by atoms with Crippen LogP contribution in [0.5, 0.6) is 11.5 Å². The third-order valence-corrected chi connectivity index (χ3v) is 11.5. The molecule has 8 rings (SSSR count). The second-order valence-electron chi connectivity index (χ2n) is 14.1. The van der Waals surface area contributed by atoms with Crippen LogP contribution in [-0.4, -0.2) is 35.1 Å². The van der Waals surface area contributed by atoms with Crippen LogP contribution in [0.1, 0.15) is 31.2 Å². The number of para-hydroxylation sites is 1. The number of alkyl halides is 3. The van der Waals surface area contributed by atoms with Crippen molar-refractivity contribution in [3.8, 4) is 11.5 Å². The maximum absolute atomic E-state index is 14.6. The van der Waals surface area contributed by atoms with Gasteiger partial charge < -0.3 is 15.2 Å². The van der Waals surface area contributed by atoms with Crippen molar-refractivity contribution in [2.24, 2.45) is 29.1 Å². The molecule has 4 amide bonds. The van der Waals surface area contributed by atoms with Gasteiger partial charge in [-0.25, -0.2) is 9.29 Å². The molecule has 2 N–H and O–H groups in total. The van der Waals surface area contributed by atoms with Gasteiger partial charge in [0.25, 0.3) is 0 Å². The Hall–Kier alpha value is -5.69. The summed E-state index contributed by atoms with van der Waals surface area (Å²) < 4.78 is 58.5. The summed E-state index contributed by atoms with van der Waals surface area (Å²) in [6, 6.07) is 22.4. The molecule has 6 atom stereocenters. The van der Waals surface area contributed by atoms with E-state index in [1.54, 1.807) is 30.3 Å². The highest BCUT2D eigenvalue weighted by Crippen LogP contribution is 2.64. The average molecular weight is 760 g/mol. The monoisotopic (exact) mass is 759 g/mol. The summed E-state index contributed by atoms with van der Waals surface area (Å²) in [5.74, 6) is -9.41. The molecule has 54 heavy (non-hydrogen) atoms. The highest BCUT2D eigenvalue weighted by atomic mass is 35.5. The van der Waals surface area contributed by atoms with Crippen molar-refractivity contribution in [2.45, 2.75) is 32.0 Å². The molecule has 0 aromatic heterocycles. The third-order valence-electron chi connectivity index (χ3n) is 11.2. The minimum absolute atomic E-state index is 0.0255. The van der Waals surface area contributed by atoms with Gasteiger partial charge in [-0.1, -0.05) is 41.4 Å². The molecule has 4 aromatic carbocycles. The van der Waals surface area contributed by atoms with E-state index >= 15 is 0 Å². The van der Waals surface area contributed by atoms with Crippen LogP contribution in [0.15, 0.2) is 103 Å². The largest absolute Gasteiger partial charge is 0.573 e. The lowest BCUT2D eigenvalue weighted by molar-refractivity contribution is -0.274. The standard InChI is InChI=1S/C40H30ClF4N3O6/c1-39-29(36(51)48(38(39)53)23-11-15-31(42)30(41)17-23)19-27-25(34(39)28-18-24(12-16-32(28)49)54-40(43,44)45)13-14-26-33(27)37(52)47(35(26)50)22-9-7-21(8-10-22)46-20-5-3-2-4-6-20/h2-13,15-18,26-27,29,33-34,46,49H,14,19H2,1H3. The van der Waals surface area contributed by atoms with Gasteiger partial charge in [-0.05, 0) is 98.5 Å². The van der Waals surface area contributed by atoms with Gasteiger partial charge in [0.2, 0.25) is 23.6 Å². The predicted molar refractivity (Wildman–Crippen MR) is 189 cm³/mol. The van der Waals surface area contributed by atoms with Crippen LogP contribution in [-0.2, 0) is 19.2 Å². The number of hydrogen-bond donors (Lipinski definition) is 2. The van der Waals surface area contributed by atoms with E-state index in [1.807, 2.05) is 30.3 Å². The predicted octanol–water partition coefficient (Wildman–Crippen LogP) is 8.26. The summed E-state index contributed by atoms with van der Waals surface area (Å²) in [5.41, 5.74) is 0.445. The van der Waals surface area contributed by atoms with Crippen LogP contribution in [0, 0.1) is 34.9 Å². The number of rotatable bonds is 6. The Bertz CT molecular complexity index is 2270. The lowest BCUT2D eigenvalue weighted by Gasteiger charge is -2.49. The number of carbonyl (C=O) groups excluding carboxylic acids is 4. The fourth-order valence-electron chi connectivity index (χ4n) is 8.83. The zero-order valence-corrected chi connectivity index (χ0v) is 29.1. The molecule has 6 unspecified atom stereocenters. The molecule has 0 radical (unpaired) electrons. The van der Waals surface area contributed by atoms with Crippen molar-refractivity contribution in [1.29, 1.82) is 0 Å². The van der Waals surface area contributed by atoms with Crippen molar-refractivity contribution in [3.63, 3.8) is 0 Å². The Labute approximate surface area is 310 Å². The van der Waals surface area contributed by atoms with E-state index in [0.29, 0.717) is 16.9 Å². The molecule has 3 fully saturated rings. The van der Waals surface area contributed by atoms with Crippen molar-refractivity contribution >= 4 is 58.0 Å². The van der Waals surface area contributed by atoms with Gasteiger partial charge in [0.05, 0.1) is 39.6 Å². The highest BCUT2D eigenvalue weighted by molar-refractivity contribution is 6.32. The number of aromatic hydroxyl groups is 1. The number of halogens is 5. The number of allylic oxidation sites excluding steroid dienone is 2. The summed E-state index contributed by atoms with van der Waals surface area (Å²) in [7, 11) is 0. The Kier molecular flexibility index (Phi) is 8.33. The third kappa shape index (κ3) is 5.60. The molecule has 2 aliphatic heterocycles. The van der Waals surface area contributed by atoms with Gasteiger partial charge in [0.1, 0.15) is 17.3 Å². The summed E-state index contributed by atoms with van der Waals surface area (Å²) >= 11 is 6.04. The number of phenols is 1. The Morgan fingerprint density at radius 3 is 2.20 bits per heavy atom. The van der Waals surface area contributed by atoms with Crippen molar-refractivity contribution < 1.29 is 46.6 Å². The minimum Gasteiger partial charge on any atom is -0.508 e. The number of benzene rings is 4. The van der Waals surface area contributed by atoms with Crippen LogP contribution in [0.4, 0.5) is 40.3 Å². The second kappa shape index (κ2) is 12.7. The molecule has 14 heteroatoms. The molecular weight excluding hydrogens is 730 g/mol. The maximum atomic E-state index is 14.6. The molecule has 0 spiro atoms. The molecule has 1 saturated carbocycles. The molecular formula is C40H30ClF4N3O6. The quantitative estimate of drug-likeness (QED) is 0.116. The Morgan fingerprint density at radius 1 is 0.833 bits per heavy atom. The number of nitrogens with zero attached hydrogens (tertiary/aromatic N) is 2. The first-order valence-corrected chi connectivity index (χ1v) is 17.5. The van der Waals surface area contributed by atoms with Gasteiger partial charge in [-0.15, -0.1) is 13.2 Å². The summed E-state index contributed by atoms with van der Waals surface area (Å²) in [6.45, 7) is 1.49. The SMILES string of the molecule is CC12C(=O)N(c3ccc(F)c(Cl)c3)C(=O)C1CC1C(=CCC3C(=O)N(c4ccc(Nc5ccccc5)cc4)C(=O)C31)C2c1cc(OC(F)(F)F)ccc1O. The van der Waals surface area contributed by atoms with Crippen LogP contribution >= 0.6 is 11.6 Å². The molecule has 2 aliphatic carbocycles. The Balaban J connectivity index is 1.20. The Morgan fingerprint density at radius 2 is 1.52 bits per heavy atom. The molecule has 2 heterocycles. The number of amides is 4. The van der Waals surface area contributed by atoms with Gasteiger partial charge in [-0.3, -0.25) is 24.1 Å². The van der Waals surface area contributed by atoms with Gasteiger partial charge >= 0.3 is 6.36 Å². The number of ether oxygens (including phenoxy) is 1. The summed E-state index contributed by atoms with van der Waals surface area (Å²) in [5, 5.41) is 14.1. The number of anilines is 4. The van der Waals surface area contributed by atoms with Crippen molar-refractivity contribution in [2.75, 3.05) is 15.1 Å². The molecule has 9 nitrogen and oxygen atoms in total. The second-order valence-corrected chi connectivity index (χ2v) is 14.5. The van der Waals surface area contributed by atoms with Crippen LogP contribution < -0.4 is 19.9 Å². The first-order chi connectivity index (χ1) is 25.7. The summed E-state index contributed by atoms with van der Waals surface area (Å²) in [6.07, 6.45) is -3.39. The lowest BCUT2D eigenvalue weighted by atomic mass is 9.51. The van der Waals surface area contributed by atoms with Gasteiger partial charge in [0.15, 0.2) is 0 Å². The van der Waals surface area contributed by atoms with E-state index in [2.05, 4.69) is 10.1 Å². The molecule has 4 aromatic rings. The van der Waals surface area contributed by atoms with Gasteiger partial charge in [0, 0.05) is 22.9 Å². The first-order valence-electron chi connectivity index (χ1n) is 17.1. The van der Waals surface area contributed by atoms with E-state index in [9.17, 15) is 41.8 Å².